The number of ether oxygens (including phenoxy) is 1. The summed E-state index contributed by atoms with van der Waals surface area (Å²) in [4.78, 5) is 42.3. The van der Waals surface area contributed by atoms with E-state index in [1.807, 2.05) is 25.1 Å². The Labute approximate surface area is 204 Å². The molecule has 1 N–H and O–H groups in total. The molecule has 0 aliphatic heterocycles. The second-order valence-electron chi connectivity index (χ2n) is 9.64. The Hall–Kier alpha value is -3.48. The first kappa shape index (κ1) is 23.3. The third-order valence-electron chi connectivity index (χ3n) is 6.96. The predicted octanol–water partition coefficient (Wildman–Crippen LogP) is 3.96. The Morgan fingerprint density at radius 2 is 1.89 bits per heavy atom. The van der Waals surface area contributed by atoms with E-state index in [0.717, 1.165) is 31.2 Å². The minimum absolute atomic E-state index is 0.0583. The van der Waals surface area contributed by atoms with Crippen LogP contribution >= 0.6 is 0 Å². The number of hydrogen-bond acceptors (Lipinski definition) is 5. The summed E-state index contributed by atoms with van der Waals surface area (Å²) in [6.45, 7) is 1.61. The van der Waals surface area contributed by atoms with Crippen LogP contribution in [-0.2, 0) is 33.6 Å². The molecule has 7 heteroatoms. The third-order valence-corrected chi connectivity index (χ3v) is 6.96. The van der Waals surface area contributed by atoms with Crippen LogP contribution in [0.5, 0.6) is 0 Å². The summed E-state index contributed by atoms with van der Waals surface area (Å²) in [5.74, 6) is -0.215. The highest BCUT2D eigenvalue weighted by Gasteiger charge is 2.28. The molecule has 182 valence electrons. The van der Waals surface area contributed by atoms with Crippen LogP contribution < -0.4 is 10.9 Å². The molecule has 0 bridgehead atoms. The van der Waals surface area contributed by atoms with Gasteiger partial charge in [0, 0.05) is 12.5 Å². The average Bonchev–Trinajstić information content (AvgIpc) is 3.71. The van der Waals surface area contributed by atoms with E-state index in [-0.39, 0.29) is 36.6 Å². The van der Waals surface area contributed by atoms with E-state index in [9.17, 15) is 14.4 Å². The lowest BCUT2D eigenvalue weighted by atomic mass is 9.89. The fourth-order valence-corrected chi connectivity index (χ4v) is 4.90. The van der Waals surface area contributed by atoms with Crippen molar-refractivity contribution < 1.29 is 14.3 Å². The quantitative estimate of drug-likeness (QED) is 0.500. The molecule has 1 fully saturated rings. The van der Waals surface area contributed by atoms with Gasteiger partial charge in [0.2, 0.25) is 0 Å². The number of hydrogen-bond donors (Lipinski definition) is 1. The molecule has 3 aromatic rings. The molecule has 5 rings (SSSR count). The van der Waals surface area contributed by atoms with Gasteiger partial charge in [-0.1, -0.05) is 30.3 Å². The standard InChI is InChI=1S/C28H31N3O4/c1-18(20-11-10-19-6-2-3-7-21(19)16-20)29-26(32)17-35-27(33)15-14-25-30-24-9-5-4-8-23(24)28(34)31(25)22-12-13-22/h4-5,8-11,16,18,22H,2-3,6-7,12-15,17H2,1H3,(H,29,32). The normalized spacial score (nSPS) is 15.9. The van der Waals surface area contributed by atoms with Crippen LogP contribution in [0.3, 0.4) is 0 Å². The van der Waals surface area contributed by atoms with Crippen LogP contribution in [0.15, 0.2) is 47.3 Å². The summed E-state index contributed by atoms with van der Waals surface area (Å²) >= 11 is 0. The molecule has 1 unspecified atom stereocenters. The van der Waals surface area contributed by atoms with Crippen molar-refractivity contribution in [3.63, 3.8) is 0 Å². The number of aromatic nitrogens is 2. The molecule has 1 aromatic heterocycles. The number of para-hydroxylation sites is 1. The van der Waals surface area contributed by atoms with Crippen molar-refractivity contribution in [1.82, 2.24) is 14.9 Å². The number of benzene rings is 2. The lowest BCUT2D eigenvalue weighted by Crippen LogP contribution is -2.31. The molecule has 35 heavy (non-hydrogen) atoms. The van der Waals surface area contributed by atoms with Gasteiger partial charge in [-0.15, -0.1) is 0 Å². The molecule has 0 spiro atoms. The van der Waals surface area contributed by atoms with Crippen molar-refractivity contribution in [3.8, 4) is 0 Å². The van der Waals surface area contributed by atoms with E-state index in [1.54, 1.807) is 10.6 Å². The first-order valence-corrected chi connectivity index (χ1v) is 12.6. The van der Waals surface area contributed by atoms with E-state index < -0.39 is 5.97 Å². The van der Waals surface area contributed by atoms with Gasteiger partial charge in [0.15, 0.2) is 6.61 Å². The summed E-state index contributed by atoms with van der Waals surface area (Å²) in [6.07, 6.45) is 6.89. The predicted molar refractivity (Wildman–Crippen MR) is 133 cm³/mol. The molecular formula is C28H31N3O4. The highest BCUT2D eigenvalue weighted by molar-refractivity contribution is 5.81. The van der Waals surface area contributed by atoms with E-state index in [0.29, 0.717) is 23.1 Å². The van der Waals surface area contributed by atoms with Crippen LogP contribution in [0, 0.1) is 0 Å². The highest BCUT2D eigenvalue weighted by atomic mass is 16.5. The fraction of sp³-hybridized carbons (Fsp3) is 0.429. The number of rotatable bonds is 8. The summed E-state index contributed by atoms with van der Waals surface area (Å²) in [6, 6.07) is 13.7. The van der Waals surface area contributed by atoms with Crippen LogP contribution in [0.25, 0.3) is 10.9 Å². The highest BCUT2D eigenvalue weighted by Crippen LogP contribution is 2.35. The second-order valence-corrected chi connectivity index (χ2v) is 9.64. The Balaban J connectivity index is 1.15. The fourth-order valence-electron chi connectivity index (χ4n) is 4.90. The number of nitrogens with zero attached hydrogens (tertiary/aromatic N) is 2. The van der Waals surface area contributed by atoms with Gasteiger partial charge < -0.3 is 10.1 Å². The van der Waals surface area contributed by atoms with Crippen LogP contribution in [0.4, 0.5) is 0 Å². The summed E-state index contributed by atoms with van der Waals surface area (Å²) < 4.78 is 6.95. The van der Waals surface area contributed by atoms with Crippen molar-refractivity contribution >= 4 is 22.8 Å². The van der Waals surface area contributed by atoms with Gasteiger partial charge in [-0.2, -0.15) is 0 Å². The molecule has 2 aliphatic rings. The van der Waals surface area contributed by atoms with Crippen molar-refractivity contribution in [2.24, 2.45) is 0 Å². The Bertz CT molecular complexity index is 1330. The first-order valence-electron chi connectivity index (χ1n) is 12.6. The van der Waals surface area contributed by atoms with Crippen molar-refractivity contribution in [3.05, 3.63) is 75.3 Å². The summed E-state index contributed by atoms with van der Waals surface area (Å²) in [5.41, 5.74) is 4.41. The average molecular weight is 474 g/mol. The largest absolute Gasteiger partial charge is 0.456 e. The smallest absolute Gasteiger partial charge is 0.306 e. The molecule has 7 nitrogen and oxygen atoms in total. The lowest BCUT2D eigenvalue weighted by molar-refractivity contribution is -0.148. The molecule has 1 amide bonds. The number of esters is 1. The zero-order valence-electron chi connectivity index (χ0n) is 20.1. The number of carbonyl (C=O) groups is 2. The molecular weight excluding hydrogens is 442 g/mol. The minimum Gasteiger partial charge on any atom is -0.456 e. The van der Waals surface area contributed by atoms with E-state index in [1.165, 1.54) is 24.0 Å². The van der Waals surface area contributed by atoms with Crippen molar-refractivity contribution in [2.45, 2.75) is 70.4 Å². The molecule has 0 radical (unpaired) electrons. The number of carbonyl (C=O) groups excluding carboxylic acids is 2. The van der Waals surface area contributed by atoms with Gasteiger partial charge in [0.1, 0.15) is 5.82 Å². The van der Waals surface area contributed by atoms with E-state index >= 15 is 0 Å². The van der Waals surface area contributed by atoms with Crippen LogP contribution in [-0.4, -0.2) is 28.0 Å². The first-order chi connectivity index (χ1) is 17.0. The maximum Gasteiger partial charge on any atom is 0.306 e. The van der Waals surface area contributed by atoms with E-state index in [2.05, 4.69) is 28.5 Å². The van der Waals surface area contributed by atoms with Gasteiger partial charge in [-0.3, -0.25) is 19.0 Å². The SMILES string of the molecule is CC(NC(=O)COC(=O)CCc1nc2ccccc2c(=O)n1C1CC1)c1ccc2c(c1)CCCC2. The third kappa shape index (κ3) is 5.29. The van der Waals surface area contributed by atoms with Gasteiger partial charge in [0.25, 0.3) is 11.5 Å². The second kappa shape index (κ2) is 10.0. The number of aryl methyl sites for hydroxylation is 3. The number of fused-ring (bicyclic) bond motifs is 2. The Kier molecular flexibility index (Phi) is 6.66. The topological polar surface area (TPSA) is 90.3 Å². The molecule has 2 aliphatic carbocycles. The van der Waals surface area contributed by atoms with Crippen molar-refractivity contribution in [2.75, 3.05) is 6.61 Å². The molecule has 0 saturated heterocycles. The molecule has 2 aromatic carbocycles. The number of nitrogens with one attached hydrogen (secondary N) is 1. The van der Waals surface area contributed by atoms with Gasteiger partial charge in [0.05, 0.1) is 23.4 Å². The van der Waals surface area contributed by atoms with Gasteiger partial charge >= 0.3 is 5.97 Å². The Morgan fingerprint density at radius 3 is 2.69 bits per heavy atom. The number of amides is 1. The summed E-state index contributed by atoms with van der Waals surface area (Å²) in [7, 11) is 0. The zero-order chi connectivity index (χ0) is 24.4. The summed E-state index contributed by atoms with van der Waals surface area (Å²) in [5, 5.41) is 3.51. The maximum absolute atomic E-state index is 12.9. The zero-order valence-corrected chi connectivity index (χ0v) is 20.1. The molecule has 1 heterocycles. The molecule has 1 saturated carbocycles. The Morgan fingerprint density at radius 1 is 1.11 bits per heavy atom. The van der Waals surface area contributed by atoms with Crippen molar-refractivity contribution in [1.29, 1.82) is 0 Å². The minimum atomic E-state index is -0.480. The lowest BCUT2D eigenvalue weighted by Gasteiger charge is -2.20. The van der Waals surface area contributed by atoms with E-state index in [4.69, 9.17) is 4.74 Å². The van der Waals surface area contributed by atoms with Gasteiger partial charge in [-0.25, -0.2) is 4.98 Å². The van der Waals surface area contributed by atoms with Gasteiger partial charge in [-0.05, 0) is 74.3 Å². The van der Waals surface area contributed by atoms with Crippen LogP contribution in [0.1, 0.15) is 73.6 Å². The monoisotopic (exact) mass is 473 g/mol. The maximum atomic E-state index is 12.9. The molecule has 1 atom stereocenters. The van der Waals surface area contributed by atoms with Crippen LogP contribution in [0.2, 0.25) is 0 Å².